The summed E-state index contributed by atoms with van der Waals surface area (Å²) in [6, 6.07) is 12.4. The van der Waals surface area contributed by atoms with Crippen LogP contribution in [0.3, 0.4) is 0 Å². The topological polar surface area (TPSA) is 106 Å². The zero-order valence-corrected chi connectivity index (χ0v) is 17.1. The minimum atomic E-state index is -3.62. The van der Waals surface area contributed by atoms with Crippen LogP contribution in [-0.2, 0) is 23.1 Å². The maximum Gasteiger partial charge on any atom is 0.251 e. The lowest BCUT2D eigenvalue weighted by atomic mass is 10.1. The predicted molar refractivity (Wildman–Crippen MR) is 109 cm³/mol. The third kappa shape index (κ3) is 5.27. The molecule has 2 aromatic carbocycles. The zero-order chi connectivity index (χ0) is 20.9. The first-order valence-electron chi connectivity index (χ1n) is 9.18. The molecular formula is C20H23N5O3S. The number of amides is 1. The van der Waals surface area contributed by atoms with Crippen LogP contribution in [0.5, 0.6) is 0 Å². The Morgan fingerprint density at radius 3 is 2.48 bits per heavy atom. The number of aromatic nitrogens is 3. The van der Waals surface area contributed by atoms with Gasteiger partial charge in [0.1, 0.15) is 12.7 Å². The molecule has 1 heterocycles. The molecule has 1 aromatic heterocycles. The van der Waals surface area contributed by atoms with Crippen molar-refractivity contribution in [2.45, 2.75) is 31.8 Å². The fraction of sp³-hybridized carbons (Fsp3) is 0.250. The van der Waals surface area contributed by atoms with Crippen molar-refractivity contribution >= 4 is 15.9 Å². The number of aryl methyl sites for hydroxylation is 1. The molecule has 2 N–H and O–H groups in total. The number of benzene rings is 2. The summed E-state index contributed by atoms with van der Waals surface area (Å²) in [6.45, 7) is 4.73. The quantitative estimate of drug-likeness (QED) is 0.586. The first kappa shape index (κ1) is 20.7. The van der Waals surface area contributed by atoms with Crippen LogP contribution in [0.25, 0.3) is 0 Å². The maximum absolute atomic E-state index is 12.6. The Kier molecular flexibility index (Phi) is 6.40. The van der Waals surface area contributed by atoms with Crippen LogP contribution in [0.4, 0.5) is 0 Å². The molecule has 0 unspecified atom stereocenters. The number of sulfonamides is 1. The molecule has 8 nitrogen and oxygen atoms in total. The lowest BCUT2D eigenvalue weighted by molar-refractivity contribution is 0.0950. The summed E-state index contributed by atoms with van der Waals surface area (Å²) in [5.41, 5.74) is 3.06. The van der Waals surface area contributed by atoms with Gasteiger partial charge < -0.3 is 5.32 Å². The molecule has 3 rings (SSSR count). The van der Waals surface area contributed by atoms with Crippen LogP contribution in [-0.4, -0.2) is 35.6 Å². The number of carbonyl (C=O) groups is 1. The first-order chi connectivity index (χ1) is 13.9. The third-order valence-electron chi connectivity index (χ3n) is 4.39. The van der Waals surface area contributed by atoms with Crippen molar-refractivity contribution in [1.29, 1.82) is 0 Å². The standard InChI is InChI=1S/C20H23N5O3S/c1-3-24-29(27,28)18-9-4-15(2)19(10-18)20(26)22-11-16-5-7-17(8-6-16)12-25-14-21-13-23-25/h4-10,13-14,24H,3,11-12H2,1-2H3,(H,22,26). The Morgan fingerprint density at radius 2 is 1.83 bits per heavy atom. The van der Waals surface area contributed by atoms with E-state index in [4.69, 9.17) is 0 Å². The van der Waals surface area contributed by atoms with Gasteiger partial charge in [-0.2, -0.15) is 5.10 Å². The Hall–Kier alpha value is -3.04. The smallest absolute Gasteiger partial charge is 0.251 e. The van der Waals surface area contributed by atoms with Crippen molar-refractivity contribution in [3.05, 3.63) is 77.4 Å². The summed E-state index contributed by atoms with van der Waals surface area (Å²) in [5.74, 6) is -0.317. The van der Waals surface area contributed by atoms with Gasteiger partial charge in [-0.05, 0) is 35.7 Å². The summed E-state index contributed by atoms with van der Waals surface area (Å²) >= 11 is 0. The number of rotatable bonds is 8. The third-order valence-corrected chi connectivity index (χ3v) is 5.93. The van der Waals surface area contributed by atoms with Gasteiger partial charge in [-0.3, -0.25) is 4.79 Å². The van der Waals surface area contributed by atoms with Crippen molar-refractivity contribution in [3.8, 4) is 0 Å². The van der Waals surface area contributed by atoms with Crippen LogP contribution in [0, 0.1) is 6.92 Å². The van der Waals surface area contributed by atoms with Gasteiger partial charge in [0.25, 0.3) is 5.91 Å². The van der Waals surface area contributed by atoms with E-state index in [1.807, 2.05) is 24.3 Å². The summed E-state index contributed by atoms with van der Waals surface area (Å²) in [5, 5.41) is 6.92. The minimum absolute atomic E-state index is 0.0764. The van der Waals surface area contributed by atoms with E-state index in [1.54, 1.807) is 30.9 Å². The fourth-order valence-electron chi connectivity index (χ4n) is 2.83. The lowest BCUT2D eigenvalue weighted by Crippen LogP contribution is -2.26. The average molecular weight is 414 g/mol. The van der Waals surface area contributed by atoms with Gasteiger partial charge >= 0.3 is 0 Å². The number of carbonyl (C=O) groups excluding carboxylic acids is 1. The van der Waals surface area contributed by atoms with Crippen LogP contribution in [0.1, 0.15) is 34.0 Å². The van der Waals surface area contributed by atoms with Crippen molar-refractivity contribution in [1.82, 2.24) is 24.8 Å². The molecule has 0 aliphatic heterocycles. The van der Waals surface area contributed by atoms with Gasteiger partial charge in [-0.15, -0.1) is 0 Å². The largest absolute Gasteiger partial charge is 0.348 e. The Morgan fingerprint density at radius 1 is 1.10 bits per heavy atom. The van der Waals surface area contributed by atoms with Crippen LogP contribution >= 0.6 is 0 Å². The lowest BCUT2D eigenvalue weighted by Gasteiger charge is -2.11. The zero-order valence-electron chi connectivity index (χ0n) is 16.3. The number of nitrogens with zero attached hydrogens (tertiary/aromatic N) is 3. The average Bonchev–Trinajstić information content (AvgIpc) is 3.20. The molecule has 0 atom stereocenters. The molecule has 9 heteroatoms. The molecule has 29 heavy (non-hydrogen) atoms. The number of hydrogen-bond donors (Lipinski definition) is 2. The molecule has 0 fully saturated rings. The summed E-state index contributed by atoms with van der Waals surface area (Å²) in [7, 11) is -3.62. The molecule has 3 aromatic rings. The highest BCUT2D eigenvalue weighted by atomic mass is 32.2. The van der Waals surface area contributed by atoms with Crippen molar-refractivity contribution < 1.29 is 13.2 Å². The van der Waals surface area contributed by atoms with E-state index in [0.29, 0.717) is 24.2 Å². The van der Waals surface area contributed by atoms with Crippen LogP contribution in [0.15, 0.2) is 60.0 Å². The van der Waals surface area contributed by atoms with Gasteiger partial charge in [0.05, 0.1) is 11.4 Å². The normalized spacial score (nSPS) is 11.4. The SMILES string of the molecule is CCNS(=O)(=O)c1ccc(C)c(C(=O)NCc2ccc(Cn3cncn3)cc2)c1. The molecule has 0 aliphatic carbocycles. The summed E-state index contributed by atoms with van der Waals surface area (Å²) in [4.78, 5) is 16.6. The van der Waals surface area contributed by atoms with E-state index in [-0.39, 0.29) is 17.3 Å². The Labute approximate surface area is 170 Å². The second-order valence-electron chi connectivity index (χ2n) is 6.57. The highest BCUT2D eigenvalue weighted by Crippen LogP contribution is 2.16. The molecule has 0 saturated carbocycles. The minimum Gasteiger partial charge on any atom is -0.348 e. The summed E-state index contributed by atoms with van der Waals surface area (Å²) < 4.78 is 28.5. The second kappa shape index (κ2) is 8.97. The molecule has 0 bridgehead atoms. The van der Waals surface area contributed by atoms with Crippen LogP contribution < -0.4 is 10.0 Å². The highest BCUT2D eigenvalue weighted by molar-refractivity contribution is 7.89. The van der Waals surface area contributed by atoms with Crippen molar-refractivity contribution in [2.24, 2.45) is 0 Å². The monoisotopic (exact) mass is 413 g/mol. The molecule has 0 spiro atoms. The van der Waals surface area contributed by atoms with Crippen molar-refractivity contribution in [3.63, 3.8) is 0 Å². The van der Waals surface area contributed by atoms with E-state index < -0.39 is 10.0 Å². The Balaban J connectivity index is 1.66. The van der Waals surface area contributed by atoms with Gasteiger partial charge in [-0.25, -0.2) is 22.8 Å². The van der Waals surface area contributed by atoms with Gasteiger partial charge in [-0.1, -0.05) is 37.3 Å². The molecule has 0 radical (unpaired) electrons. The van der Waals surface area contributed by atoms with E-state index in [1.165, 1.54) is 18.5 Å². The maximum atomic E-state index is 12.6. The van der Waals surface area contributed by atoms with E-state index in [2.05, 4.69) is 20.1 Å². The molecular weight excluding hydrogens is 390 g/mol. The molecule has 0 aliphatic rings. The van der Waals surface area contributed by atoms with E-state index in [0.717, 1.165) is 11.1 Å². The van der Waals surface area contributed by atoms with E-state index >= 15 is 0 Å². The van der Waals surface area contributed by atoms with Gasteiger partial charge in [0.15, 0.2) is 0 Å². The first-order valence-corrected chi connectivity index (χ1v) is 10.7. The summed E-state index contributed by atoms with van der Waals surface area (Å²) in [6.07, 6.45) is 3.14. The Bertz CT molecular complexity index is 1080. The van der Waals surface area contributed by atoms with Crippen molar-refractivity contribution in [2.75, 3.05) is 6.54 Å². The van der Waals surface area contributed by atoms with Crippen LogP contribution in [0.2, 0.25) is 0 Å². The number of nitrogens with one attached hydrogen (secondary N) is 2. The van der Waals surface area contributed by atoms with E-state index in [9.17, 15) is 13.2 Å². The predicted octanol–water partition coefficient (Wildman–Crippen LogP) is 1.86. The number of hydrogen-bond acceptors (Lipinski definition) is 5. The molecule has 1 amide bonds. The molecule has 152 valence electrons. The molecule has 0 saturated heterocycles. The van der Waals surface area contributed by atoms with Gasteiger partial charge in [0, 0.05) is 18.7 Å². The highest BCUT2D eigenvalue weighted by Gasteiger charge is 2.17. The van der Waals surface area contributed by atoms with Gasteiger partial charge in [0.2, 0.25) is 10.0 Å². The second-order valence-corrected chi connectivity index (χ2v) is 8.34. The fourth-order valence-corrected chi connectivity index (χ4v) is 3.89.